The van der Waals surface area contributed by atoms with Crippen molar-refractivity contribution in [1.82, 2.24) is 14.8 Å². The molecule has 1 saturated heterocycles. The van der Waals surface area contributed by atoms with Gasteiger partial charge in [0, 0.05) is 32.1 Å². The number of aromatic nitrogens is 3. The van der Waals surface area contributed by atoms with E-state index in [1.54, 1.807) is 0 Å². The monoisotopic (exact) mass is 237 g/mol. The first-order valence-electron chi connectivity index (χ1n) is 6.53. The van der Waals surface area contributed by atoms with Crippen molar-refractivity contribution < 1.29 is 9.84 Å². The van der Waals surface area contributed by atoms with Gasteiger partial charge in [0.05, 0.1) is 0 Å². The molecule has 0 spiro atoms. The van der Waals surface area contributed by atoms with Crippen LogP contribution in [0.3, 0.4) is 0 Å². The van der Waals surface area contributed by atoms with Gasteiger partial charge in [0.15, 0.2) is 5.82 Å². The van der Waals surface area contributed by atoms with Crippen molar-refractivity contribution in [1.29, 1.82) is 0 Å². The lowest BCUT2D eigenvalue weighted by Gasteiger charge is -2.20. The average molecular weight is 237 g/mol. The minimum Gasteiger partial charge on any atom is -0.396 e. The predicted molar refractivity (Wildman–Crippen MR) is 61.5 cm³/mol. The van der Waals surface area contributed by atoms with E-state index in [1.807, 2.05) is 4.68 Å². The first kappa shape index (κ1) is 11.2. The van der Waals surface area contributed by atoms with Gasteiger partial charge in [-0.05, 0) is 25.7 Å². The summed E-state index contributed by atoms with van der Waals surface area (Å²) in [5, 5.41) is 13.7. The van der Waals surface area contributed by atoms with Crippen molar-refractivity contribution in [3.63, 3.8) is 0 Å². The highest BCUT2D eigenvalue weighted by Crippen LogP contribution is 2.27. The Kier molecular flexibility index (Phi) is 3.11. The van der Waals surface area contributed by atoms with Crippen LogP contribution in [0.2, 0.25) is 0 Å². The molecule has 0 radical (unpaired) electrons. The Morgan fingerprint density at radius 3 is 3.06 bits per heavy atom. The number of rotatable bonds is 2. The van der Waals surface area contributed by atoms with E-state index in [0.717, 1.165) is 50.5 Å². The molecule has 5 nitrogen and oxygen atoms in total. The Morgan fingerprint density at radius 2 is 2.29 bits per heavy atom. The summed E-state index contributed by atoms with van der Waals surface area (Å²) in [5.74, 6) is 2.24. The molecule has 3 heterocycles. The SMILES string of the molecule is OCC1CCc2nc(C3CCCCO3)nn2C1. The summed E-state index contributed by atoms with van der Waals surface area (Å²) < 4.78 is 7.66. The summed E-state index contributed by atoms with van der Waals surface area (Å²) in [4.78, 5) is 4.59. The fourth-order valence-corrected chi connectivity index (χ4v) is 2.62. The van der Waals surface area contributed by atoms with E-state index in [2.05, 4.69) is 10.1 Å². The molecule has 2 aliphatic rings. The molecule has 0 saturated carbocycles. The average Bonchev–Trinajstić information content (AvgIpc) is 2.82. The molecule has 3 rings (SSSR count). The smallest absolute Gasteiger partial charge is 0.179 e. The molecular weight excluding hydrogens is 218 g/mol. The minimum atomic E-state index is 0.0921. The zero-order valence-corrected chi connectivity index (χ0v) is 10.0. The maximum atomic E-state index is 9.19. The molecule has 2 atom stereocenters. The summed E-state index contributed by atoms with van der Waals surface area (Å²) in [6, 6.07) is 0. The largest absolute Gasteiger partial charge is 0.396 e. The van der Waals surface area contributed by atoms with Crippen LogP contribution in [0.4, 0.5) is 0 Å². The van der Waals surface area contributed by atoms with E-state index in [9.17, 15) is 5.11 Å². The van der Waals surface area contributed by atoms with Crippen molar-refractivity contribution in [2.24, 2.45) is 5.92 Å². The van der Waals surface area contributed by atoms with Gasteiger partial charge >= 0.3 is 0 Å². The van der Waals surface area contributed by atoms with Crippen LogP contribution in [0.1, 0.15) is 43.4 Å². The van der Waals surface area contributed by atoms with Gasteiger partial charge in [-0.2, -0.15) is 5.10 Å². The Labute approximate surface area is 101 Å². The van der Waals surface area contributed by atoms with Crippen molar-refractivity contribution in [2.75, 3.05) is 13.2 Å². The number of aliphatic hydroxyl groups is 1. The van der Waals surface area contributed by atoms with E-state index in [0.29, 0.717) is 5.92 Å². The fraction of sp³-hybridized carbons (Fsp3) is 0.833. The summed E-state index contributed by atoms with van der Waals surface area (Å²) in [5.41, 5.74) is 0. The standard InChI is InChI=1S/C12H19N3O2/c16-8-9-4-5-11-13-12(14-15(11)7-9)10-3-1-2-6-17-10/h9-10,16H,1-8H2. The third kappa shape index (κ3) is 2.21. The second-order valence-corrected chi connectivity index (χ2v) is 5.01. The van der Waals surface area contributed by atoms with E-state index < -0.39 is 0 Å². The van der Waals surface area contributed by atoms with Gasteiger partial charge in [0.1, 0.15) is 11.9 Å². The highest BCUT2D eigenvalue weighted by Gasteiger charge is 2.25. The number of aryl methyl sites for hydroxylation is 1. The van der Waals surface area contributed by atoms with Crippen LogP contribution in [-0.2, 0) is 17.7 Å². The number of ether oxygens (including phenoxy) is 1. The topological polar surface area (TPSA) is 60.2 Å². The molecule has 0 aliphatic carbocycles. The van der Waals surface area contributed by atoms with Gasteiger partial charge < -0.3 is 9.84 Å². The van der Waals surface area contributed by atoms with Crippen LogP contribution in [-0.4, -0.2) is 33.1 Å². The normalized spacial score (nSPS) is 29.0. The molecule has 0 bridgehead atoms. The van der Waals surface area contributed by atoms with Gasteiger partial charge in [-0.15, -0.1) is 0 Å². The number of nitrogens with zero attached hydrogens (tertiary/aromatic N) is 3. The van der Waals surface area contributed by atoms with Crippen molar-refractivity contribution in [3.05, 3.63) is 11.6 Å². The second kappa shape index (κ2) is 4.74. The number of hydrogen-bond acceptors (Lipinski definition) is 4. The number of fused-ring (bicyclic) bond motifs is 1. The first-order valence-corrected chi connectivity index (χ1v) is 6.53. The molecule has 0 aromatic carbocycles. The van der Waals surface area contributed by atoms with E-state index in [-0.39, 0.29) is 12.7 Å². The van der Waals surface area contributed by atoms with Gasteiger partial charge in [-0.3, -0.25) is 0 Å². The lowest BCUT2D eigenvalue weighted by Crippen LogP contribution is -2.23. The Morgan fingerprint density at radius 1 is 1.35 bits per heavy atom. The third-order valence-corrected chi connectivity index (χ3v) is 3.70. The molecular formula is C12H19N3O2. The van der Waals surface area contributed by atoms with Gasteiger partial charge in [0.25, 0.3) is 0 Å². The Balaban J connectivity index is 1.77. The van der Waals surface area contributed by atoms with Crippen molar-refractivity contribution in [3.8, 4) is 0 Å². The zero-order chi connectivity index (χ0) is 11.7. The lowest BCUT2D eigenvalue weighted by molar-refractivity contribution is 0.00931. The van der Waals surface area contributed by atoms with Gasteiger partial charge in [0.2, 0.25) is 0 Å². The Bertz CT molecular complexity index is 385. The van der Waals surface area contributed by atoms with Crippen molar-refractivity contribution in [2.45, 2.75) is 44.8 Å². The quantitative estimate of drug-likeness (QED) is 0.836. The van der Waals surface area contributed by atoms with Crippen molar-refractivity contribution >= 4 is 0 Å². The van der Waals surface area contributed by atoms with Crippen LogP contribution < -0.4 is 0 Å². The summed E-state index contributed by atoms with van der Waals surface area (Å²) >= 11 is 0. The maximum Gasteiger partial charge on any atom is 0.179 e. The number of aliphatic hydroxyl groups excluding tert-OH is 1. The van der Waals surface area contributed by atoms with E-state index >= 15 is 0 Å². The molecule has 2 aliphatic heterocycles. The summed E-state index contributed by atoms with van der Waals surface area (Å²) in [7, 11) is 0. The molecule has 1 N–H and O–H groups in total. The van der Waals surface area contributed by atoms with Crippen LogP contribution in [0, 0.1) is 5.92 Å². The van der Waals surface area contributed by atoms with Crippen LogP contribution in [0.25, 0.3) is 0 Å². The van der Waals surface area contributed by atoms with Gasteiger partial charge in [-0.25, -0.2) is 9.67 Å². The third-order valence-electron chi connectivity index (χ3n) is 3.70. The molecule has 2 unspecified atom stereocenters. The Hall–Kier alpha value is -0.940. The molecule has 1 fully saturated rings. The molecule has 17 heavy (non-hydrogen) atoms. The van der Waals surface area contributed by atoms with Crippen LogP contribution in [0.15, 0.2) is 0 Å². The first-order chi connectivity index (χ1) is 8.36. The minimum absolute atomic E-state index is 0.0921. The summed E-state index contributed by atoms with van der Waals surface area (Å²) in [6.45, 7) is 1.87. The summed E-state index contributed by atoms with van der Waals surface area (Å²) in [6.07, 6.45) is 5.41. The molecule has 0 amide bonds. The highest BCUT2D eigenvalue weighted by atomic mass is 16.5. The maximum absolute atomic E-state index is 9.19. The molecule has 1 aromatic heterocycles. The van der Waals surface area contributed by atoms with Crippen LogP contribution in [0.5, 0.6) is 0 Å². The molecule has 1 aromatic rings. The van der Waals surface area contributed by atoms with Gasteiger partial charge in [-0.1, -0.05) is 0 Å². The second-order valence-electron chi connectivity index (χ2n) is 5.01. The van der Waals surface area contributed by atoms with E-state index in [4.69, 9.17) is 4.74 Å². The highest BCUT2D eigenvalue weighted by molar-refractivity contribution is 5.00. The predicted octanol–water partition coefficient (Wildman–Crippen LogP) is 1.07. The van der Waals surface area contributed by atoms with Crippen LogP contribution >= 0.6 is 0 Å². The lowest BCUT2D eigenvalue weighted by atomic mass is 10.0. The molecule has 94 valence electrons. The number of hydrogen-bond donors (Lipinski definition) is 1. The fourth-order valence-electron chi connectivity index (χ4n) is 2.62. The zero-order valence-electron chi connectivity index (χ0n) is 10.0. The molecule has 5 heteroatoms. The van der Waals surface area contributed by atoms with E-state index in [1.165, 1.54) is 6.42 Å².